The molecule has 0 saturated heterocycles. The van der Waals surface area contributed by atoms with Gasteiger partial charge in [-0.25, -0.2) is 4.98 Å². The topological polar surface area (TPSA) is 12.9 Å². The fourth-order valence-corrected chi connectivity index (χ4v) is 0.898. The summed E-state index contributed by atoms with van der Waals surface area (Å²) in [6.07, 6.45) is 1.62. The van der Waals surface area contributed by atoms with Gasteiger partial charge in [-0.15, -0.1) is 12.6 Å². The number of pyridine rings is 1. The van der Waals surface area contributed by atoms with E-state index in [-0.39, 0.29) is 0 Å². The molecule has 3 heteroatoms. The van der Waals surface area contributed by atoms with Crippen molar-refractivity contribution in [3.63, 3.8) is 0 Å². The van der Waals surface area contributed by atoms with E-state index in [4.69, 9.17) is 11.6 Å². The van der Waals surface area contributed by atoms with E-state index in [2.05, 4.69) is 17.6 Å². The molecule has 0 radical (unpaired) electrons. The third kappa shape index (κ3) is 1.60. The first-order chi connectivity index (χ1) is 4.20. The summed E-state index contributed by atoms with van der Waals surface area (Å²) in [6, 6.07) is 1.87. The van der Waals surface area contributed by atoms with Crippen LogP contribution in [0.2, 0.25) is 5.15 Å². The molecular formula is C6H6ClNS. The Labute approximate surface area is 64.5 Å². The molecule has 9 heavy (non-hydrogen) atoms. The minimum atomic E-state index is 0.549. The van der Waals surface area contributed by atoms with Crippen molar-refractivity contribution >= 4 is 24.2 Å². The van der Waals surface area contributed by atoms with E-state index >= 15 is 0 Å². The highest BCUT2D eigenvalue weighted by Gasteiger charge is 1.93. The molecule has 1 nitrogen and oxygen atoms in total. The number of hydrogen-bond acceptors (Lipinski definition) is 2. The maximum atomic E-state index is 5.64. The molecule has 0 N–H and O–H groups in total. The molecule has 1 heterocycles. The first-order valence-electron chi connectivity index (χ1n) is 2.51. The molecular weight excluding hydrogens is 154 g/mol. The monoisotopic (exact) mass is 159 g/mol. The Morgan fingerprint density at radius 1 is 1.67 bits per heavy atom. The summed E-state index contributed by atoms with van der Waals surface area (Å²) in [6.45, 7) is 1.90. The third-order valence-electron chi connectivity index (χ3n) is 1.000. The van der Waals surface area contributed by atoms with E-state index in [9.17, 15) is 0 Å². The number of halogens is 1. The Morgan fingerprint density at radius 3 is 2.78 bits per heavy atom. The standard InChI is InChI=1S/C6H6ClNS/c1-4-2-5(9)3-8-6(4)7/h2-3,9H,1H3. The minimum absolute atomic E-state index is 0.549. The number of aryl methyl sites for hydroxylation is 1. The number of aromatic nitrogens is 1. The molecule has 0 bridgehead atoms. The average molecular weight is 160 g/mol. The summed E-state index contributed by atoms with van der Waals surface area (Å²) < 4.78 is 0. The smallest absolute Gasteiger partial charge is 0.131 e. The Morgan fingerprint density at radius 2 is 2.33 bits per heavy atom. The van der Waals surface area contributed by atoms with Gasteiger partial charge in [-0.2, -0.15) is 0 Å². The molecule has 0 amide bonds. The lowest BCUT2D eigenvalue weighted by atomic mass is 10.3. The minimum Gasteiger partial charge on any atom is -0.243 e. The van der Waals surface area contributed by atoms with Crippen molar-refractivity contribution in [1.29, 1.82) is 0 Å². The first kappa shape index (κ1) is 6.90. The normalized spacial score (nSPS) is 9.67. The Balaban J connectivity index is 3.17. The Kier molecular flexibility index (Phi) is 1.98. The molecule has 0 fully saturated rings. The van der Waals surface area contributed by atoms with Crippen LogP contribution in [-0.4, -0.2) is 4.98 Å². The van der Waals surface area contributed by atoms with Gasteiger partial charge in [0, 0.05) is 11.1 Å². The Hall–Kier alpha value is -0.210. The van der Waals surface area contributed by atoms with E-state index < -0.39 is 0 Å². The van der Waals surface area contributed by atoms with Crippen molar-refractivity contribution < 1.29 is 0 Å². The van der Waals surface area contributed by atoms with Gasteiger partial charge >= 0.3 is 0 Å². The quantitative estimate of drug-likeness (QED) is 0.453. The van der Waals surface area contributed by atoms with E-state index in [0.29, 0.717) is 5.15 Å². The molecule has 0 aliphatic heterocycles. The summed E-state index contributed by atoms with van der Waals surface area (Å²) in [5, 5.41) is 0.549. The predicted molar refractivity (Wildman–Crippen MR) is 41.2 cm³/mol. The van der Waals surface area contributed by atoms with E-state index in [0.717, 1.165) is 10.5 Å². The number of rotatable bonds is 0. The largest absolute Gasteiger partial charge is 0.243 e. The zero-order chi connectivity index (χ0) is 6.85. The first-order valence-corrected chi connectivity index (χ1v) is 3.34. The lowest BCUT2D eigenvalue weighted by molar-refractivity contribution is 1.19. The molecule has 48 valence electrons. The Bertz CT molecular complexity index is 224. The lowest BCUT2D eigenvalue weighted by Gasteiger charge is -1.94. The second-order valence-electron chi connectivity index (χ2n) is 1.80. The van der Waals surface area contributed by atoms with Gasteiger partial charge in [0.1, 0.15) is 5.15 Å². The van der Waals surface area contributed by atoms with E-state index in [1.54, 1.807) is 6.20 Å². The van der Waals surface area contributed by atoms with Crippen LogP contribution >= 0.6 is 24.2 Å². The zero-order valence-electron chi connectivity index (χ0n) is 4.93. The maximum absolute atomic E-state index is 5.64. The van der Waals surface area contributed by atoms with Crippen LogP contribution in [0.4, 0.5) is 0 Å². The predicted octanol–water partition coefficient (Wildman–Crippen LogP) is 2.33. The van der Waals surface area contributed by atoms with Crippen molar-refractivity contribution in [2.75, 3.05) is 0 Å². The van der Waals surface area contributed by atoms with Crippen LogP contribution in [0.3, 0.4) is 0 Å². The fraction of sp³-hybridized carbons (Fsp3) is 0.167. The lowest BCUT2D eigenvalue weighted by Crippen LogP contribution is -1.79. The van der Waals surface area contributed by atoms with Gasteiger partial charge in [0.05, 0.1) is 0 Å². The SMILES string of the molecule is Cc1cc(S)cnc1Cl. The maximum Gasteiger partial charge on any atom is 0.131 e. The highest BCUT2D eigenvalue weighted by Crippen LogP contribution is 2.14. The van der Waals surface area contributed by atoms with Crippen molar-refractivity contribution in [2.45, 2.75) is 11.8 Å². The molecule has 1 rings (SSSR count). The van der Waals surface area contributed by atoms with Crippen LogP contribution in [0.5, 0.6) is 0 Å². The van der Waals surface area contributed by atoms with Crippen molar-refractivity contribution in [2.24, 2.45) is 0 Å². The number of hydrogen-bond donors (Lipinski definition) is 1. The van der Waals surface area contributed by atoms with Gasteiger partial charge in [0.25, 0.3) is 0 Å². The van der Waals surface area contributed by atoms with Gasteiger partial charge in [-0.1, -0.05) is 11.6 Å². The average Bonchev–Trinajstić information content (AvgIpc) is 1.80. The molecule has 1 aromatic rings. The molecule has 0 aliphatic carbocycles. The molecule has 0 spiro atoms. The van der Waals surface area contributed by atoms with E-state index in [1.165, 1.54) is 0 Å². The number of thiol groups is 1. The summed E-state index contributed by atoms with van der Waals surface area (Å²) in [5.74, 6) is 0. The third-order valence-corrected chi connectivity index (χ3v) is 1.64. The van der Waals surface area contributed by atoms with Crippen LogP contribution < -0.4 is 0 Å². The van der Waals surface area contributed by atoms with Gasteiger partial charge in [0.2, 0.25) is 0 Å². The highest BCUT2D eigenvalue weighted by molar-refractivity contribution is 7.80. The fourth-order valence-electron chi connectivity index (χ4n) is 0.543. The molecule has 0 aromatic carbocycles. The highest BCUT2D eigenvalue weighted by atomic mass is 35.5. The molecule has 0 unspecified atom stereocenters. The number of nitrogens with zero attached hydrogens (tertiary/aromatic N) is 1. The van der Waals surface area contributed by atoms with E-state index in [1.807, 2.05) is 13.0 Å². The zero-order valence-corrected chi connectivity index (χ0v) is 6.58. The van der Waals surface area contributed by atoms with Crippen LogP contribution in [0.15, 0.2) is 17.2 Å². The van der Waals surface area contributed by atoms with Crippen molar-refractivity contribution in [3.05, 3.63) is 23.0 Å². The second-order valence-corrected chi connectivity index (χ2v) is 2.68. The molecule has 0 saturated carbocycles. The van der Waals surface area contributed by atoms with Crippen LogP contribution in [0.1, 0.15) is 5.56 Å². The molecule has 0 atom stereocenters. The van der Waals surface area contributed by atoms with Crippen molar-refractivity contribution in [3.8, 4) is 0 Å². The molecule has 0 aliphatic rings. The van der Waals surface area contributed by atoms with Gasteiger partial charge in [-0.05, 0) is 18.6 Å². The summed E-state index contributed by atoms with van der Waals surface area (Å²) >= 11 is 9.72. The van der Waals surface area contributed by atoms with Crippen LogP contribution in [-0.2, 0) is 0 Å². The second kappa shape index (κ2) is 2.58. The van der Waals surface area contributed by atoms with Gasteiger partial charge < -0.3 is 0 Å². The summed E-state index contributed by atoms with van der Waals surface area (Å²) in [5.41, 5.74) is 0.962. The molecule has 1 aromatic heterocycles. The van der Waals surface area contributed by atoms with Gasteiger partial charge in [-0.3, -0.25) is 0 Å². The van der Waals surface area contributed by atoms with Crippen LogP contribution in [0, 0.1) is 6.92 Å². The van der Waals surface area contributed by atoms with Crippen molar-refractivity contribution in [1.82, 2.24) is 4.98 Å². The summed E-state index contributed by atoms with van der Waals surface area (Å²) in [7, 11) is 0. The van der Waals surface area contributed by atoms with Crippen LogP contribution in [0.25, 0.3) is 0 Å². The summed E-state index contributed by atoms with van der Waals surface area (Å²) in [4.78, 5) is 4.71. The van der Waals surface area contributed by atoms with Gasteiger partial charge in [0.15, 0.2) is 0 Å².